The average Bonchev–Trinajstić information content (AvgIpc) is 1.94. The Balaban J connectivity index is 3.39. The van der Waals surface area contributed by atoms with Crippen LogP contribution in [0.4, 0.5) is 0 Å². The lowest BCUT2D eigenvalue weighted by Gasteiger charge is -1.92. The Morgan fingerprint density at radius 1 is 1.73 bits per heavy atom. The minimum atomic E-state index is -1.27. The molecular formula is C5H3ClN2O3. The summed E-state index contributed by atoms with van der Waals surface area (Å²) < 4.78 is 0. The maximum absolute atomic E-state index is 10.6. The summed E-state index contributed by atoms with van der Waals surface area (Å²) >= 11 is 5.32. The topological polar surface area (TPSA) is 83.0 Å². The zero-order chi connectivity index (χ0) is 8.43. The molecule has 58 valence electrons. The Bertz CT molecular complexity index is 346. The van der Waals surface area contributed by atoms with Crippen molar-refractivity contribution in [3.8, 4) is 0 Å². The number of H-pyrrole nitrogens is 1. The van der Waals surface area contributed by atoms with Gasteiger partial charge in [-0.15, -0.1) is 0 Å². The normalized spacial score (nSPS) is 9.55. The first-order valence-corrected chi connectivity index (χ1v) is 2.97. The minimum absolute atomic E-state index is 0.296. The lowest BCUT2D eigenvalue weighted by Crippen LogP contribution is -2.13. The molecule has 1 aromatic rings. The van der Waals surface area contributed by atoms with Gasteiger partial charge in [0.05, 0.1) is 6.20 Å². The third-order valence-electron chi connectivity index (χ3n) is 1.03. The summed E-state index contributed by atoms with van der Waals surface area (Å²) in [6, 6.07) is 0. The molecule has 0 unspecified atom stereocenters. The van der Waals surface area contributed by atoms with E-state index in [1.807, 2.05) is 5.10 Å². The molecule has 0 aliphatic heterocycles. The molecule has 2 N–H and O–H groups in total. The molecule has 0 saturated carbocycles. The molecule has 0 aromatic carbocycles. The fraction of sp³-hybridized carbons (Fsp3) is 0. The van der Waals surface area contributed by atoms with E-state index in [9.17, 15) is 9.59 Å². The summed E-state index contributed by atoms with van der Waals surface area (Å²) in [5, 5.41) is 13.3. The van der Waals surface area contributed by atoms with E-state index >= 15 is 0 Å². The highest BCUT2D eigenvalue weighted by Gasteiger charge is 2.10. The van der Waals surface area contributed by atoms with Crippen molar-refractivity contribution in [2.45, 2.75) is 0 Å². The monoisotopic (exact) mass is 174 g/mol. The van der Waals surface area contributed by atoms with E-state index in [4.69, 9.17) is 16.7 Å². The number of aromatic amines is 1. The molecule has 0 fully saturated rings. The molecule has 11 heavy (non-hydrogen) atoms. The maximum atomic E-state index is 10.6. The Morgan fingerprint density at radius 2 is 2.36 bits per heavy atom. The largest absolute Gasteiger partial charge is 0.478 e. The second-order valence-electron chi connectivity index (χ2n) is 1.73. The number of carbonyl (C=O) groups is 1. The number of carboxylic acids is 1. The van der Waals surface area contributed by atoms with E-state index < -0.39 is 11.5 Å². The average molecular weight is 175 g/mol. The van der Waals surface area contributed by atoms with Gasteiger partial charge in [-0.2, -0.15) is 5.10 Å². The van der Waals surface area contributed by atoms with Gasteiger partial charge in [0.2, 0.25) is 0 Å². The van der Waals surface area contributed by atoms with Gasteiger partial charge in [-0.1, -0.05) is 11.6 Å². The van der Waals surface area contributed by atoms with E-state index in [2.05, 4.69) is 5.10 Å². The number of halogens is 1. The molecule has 0 saturated heterocycles. The molecule has 1 rings (SSSR count). The van der Waals surface area contributed by atoms with Gasteiger partial charge in [0.25, 0.3) is 5.56 Å². The van der Waals surface area contributed by atoms with Crippen molar-refractivity contribution in [3.63, 3.8) is 0 Å². The Kier molecular flexibility index (Phi) is 1.91. The van der Waals surface area contributed by atoms with Crippen LogP contribution in [0, 0.1) is 0 Å². The number of aromatic nitrogens is 2. The predicted molar refractivity (Wildman–Crippen MR) is 36.8 cm³/mol. The zero-order valence-electron chi connectivity index (χ0n) is 5.17. The second kappa shape index (κ2) is 2.71. The third kappa shape index (κ3) is 1.38. The summed E-state index contributed by atoms with van der Waals surface area (Å²) in [5.41, 5.74) is -0.998. The quantitative estimate of drug-likeness (QED) is 0.634. The minimum Gasteiger partial charge on any atom is -0.478 e. The van der Waals surface area contributed by atoms with E-state index in [1.54, 1.807) is 0 Å². The highest BCUT2D eigenvalue weighted by Crippen LogP contribution is 2.06. The van der Waals surface area contributed by atoms with Crippen molar-refractivity contribution in [2.24, 2.45) is 0 Å². The van der Waals surface area contributed by atoms with Crippen molar-refractivity contribution >= 4 is 17.6 Å². The molecule has 0 aliphatic carbocycles. The van der Waals surface area contributed by atoms with Gasteiger partial charge in [-0.25, -0.2) is 9.89 Å². The lowest BCUT2D eigenvalue weighted by molar-refractivity contribution is 0.0696. The number of nitrogens with one attached hydrogen (secondary N) is 1. The van der Waals surface area contributed by atoms with E-state index in [0.29, 0.717) is 0 Å². The van der Waals surface area contributed by atoms with E-state index in [0.717, 1.165) is 6.20 Å². The molecule has 1 heterocycles. The van der Waals surface area contributed by atoms with Gasteiger partial charge in [0, 0.05) is 0 Å². The van der Waals surface area contributed by atoms with Gasteiger partial charge in [-0.05, 0) is 0 Å². The molecule has 6 heteroatoms. The molecule has 0 radical (unpaired) electrons. The van der Waals surface area contributed by atoms with Crippen LogP contribution in [0.1, 0.15) is 10.4 Å². The number of rotatable bonds is 1. The molecule has 1 aromatic heterocycles. The number of aromatic carboxylic acids is 1. The van der Waals surface area contributed by atoms with Gasteiger partial charge >= 0.3 is 5.97 Å². The molecule has 0 amide bonds. The van der Waals surface area contributed by atoms with Gasteiger partial charge in [-0.3, -0.25) is 4.79 Å². The Labute approximate surface area is 65.6 Å². The van der Waals surface area contributed by atoms with Crippen LogP contribution in [-0.4, -0.2) is 21.3 Å². The second-order valence-corrected chi connectivity index (χ2v) is 2.11. The summed E-state index contributed by atoms with van der Waals surface area (Å²) in [5.74, 6) is -1.27. The van der Waals surface area contributed by atoms with Crippen LogP contribution in [0.25, 0.3) is 0 Å². The van der Waals surface area contributed by atoms with E-state index in [1.165, 1.54) is 0 Å². The SMILES string of the molecule is O=C(O)c1cn[nH]c(=O)c1Cl. The zero-order valence-corrected chi connectivity index (χ0v) is 5.92. The summed E-state index contributed by atoms with van der Waals surface area (Å²) in [4.78, 5) is 20.9. The van der Waals surface area contributed by atoms with Gasteiger partial charge in [0.15, 0.2) is 0 Å². The third-order valence-corrected chi connectivity index (χ3v) is 1.40. The van der Waals surface area contributed by atoms with Crippen LogP contribution in [0.3, 0.4) is 0 Å². The first kappa shape index (κ1) is 7.74. The molecule has 0 aliphatic rings. The number of hydrogen-bond donors (Lipinski definition) is 2. The van der Waals surface area contributed by atoms with Crippen LogP contribution in [0.5, 0.6) is 0 Å². The van der Waals surface area contributed by atoms with Crippen molar-refractivity contribution < 1.29 is 9.90 Å². The highest BCUT2D eigenvalue weighted by atomic mass is 35.5. The van der Waals surface area contributed by atoms with Gasteiger partial charge in [0.1, 0.15) is 10.6 Å². The fourth-order valence-corrected chi connectivity index (χ4v) is 0.705. The number of hydrogen-bond acceptors (Lipinski definition) is 3. The molecule has 5 nitrogen and oxygen atoms in total. The summed E-state index contributed by atoms with van der Waals surface area (Å²) in [6.07, 6.45) is 0.978. The molecular weight excluding hydrogens is 172 g/mol. The standard InChI is InChI=1S/C5H3ClN2O3/c6-3-2(5(10)11)1-7-8-4(3)9/h1H,(H,8,9)(H,10,11). The number of nitrogens with zero attached hydrogens (tertiary/aromatic N) is 1. The Hall–Kier alpha value is -1.36. The first-order chi connectivity index (χ1) is 5.13. The van der Waals surface area contributed by atoms with Crippen LogP contribution >= 0.6 is 11.6 Å². The smallest absolute Gasteiger partial charge is 0.339 e. The van der Waals surface area contributed by atoms with Crippen molar-refractivity contribution in [1.29, 1.82) is 0 Å². The first-order valence-electron chi connectivity index (χ1n) is 2.59. The lowest BCUT2D eigenvalue weighted by atomic mass is 10.3. The number of carboxylic acid groups (broad SMARTS) is 1. The van der Waals surface area contributed by atoms with E-state index in [-0.39, 0.29) is 10.6 Å². The summed E-state index contributed by atoms with van der Waals surface area (Å²) in [7, 11) is 0. The van der Waals surface area contributed by atoms with Crippen molar-refractivity contribution in [2.75, 3.05) is 0 Å². The van der Waals surface area contributed by atoms with Crippen LogP contribution in [0.15, 0.2) is 11.0 Å². The van der Waals surface area contributed by atoms with Crippen molar-refractivity contribution in [1.82, 2.24) is 10.2 Å². The summed E-state index contributed by atoms with van der Waals surface area (Å²) in [6.45, 7) is 0. The predicted octanol–water partition coefficient (Wildman–Crippen LogP) is 0.122. The van der Waals surface area contributed by atoms with Crippen LogP contribution < -0.4 is 5.56 Å². The molecule has 0 atom stereocenters. The van der Waals surface area contributed by atoms with Crippen LogP contribution in [-0.2, 0) is 0 Å². The molecule has 0 bridgehead atoms. The van der Waals surface area contributed by atoms with Gasteiger partial charge < -0.3 is 5.11 Å². The molecule has 0 spiro atoms. The maximum Gasteiger partial charge on any atom is 0.339 e. The fourth-order valence-electron chi connectivity index (χ4n) is 0.533. The van der Waals surface area contributed by atoms with Crippen molar-refractivity contribution in [3.05, 3.63) is 27.1 Å². The Morgan fingerprint density at radius 3 is 2.82 bits per heavy atom. The highest BCUT2D eigenvalue weighted by molar-refractivity contribution is 6.33. The van der Waals surface area contributed by atoms with Crippen LogP contribution in [0.2, 0.25) is 5.02 Å².